The first kappa shape index (κ1) is 20.4. The highest BCUT2D eigenvalue weighted by Gasteiger charge is 2.24. The first-order valence-corrected chi connectivity index (χ1v) is 8.66. The van der Waals surface area contributed by atoms with Gasteiger partial charge in [-0.1, -0.05) is 20.8 Å². The zero-order valence-electron chi connectivity index (χ0n) is 16.5. The number of hydrogen-bond acceptors (Lipinski definition) is 5. The average molecular weight is 371 g/mol. The number of aromatic nitrogens is 2. The molecule has 0 fully saturated rings. The molecule has 7 heteroatoms. The second-order valence-corrected chi connectivity index (χ2v) is 7.46. The summed E-state index contributed by atoms with van der Waals surface area (Å²) >= 11 is 0. The molecule has 0 spiro atoms. The fourth-order valence-electron chi connectivity index (χ4n) is 2.25. The molecule has 0 saturated carbocycles. The van der Waals surface area contributed by atoms with Crippen LogP contribution >= 0.6 is 0 Å². The molecule has 0 bridgehead atoms. The maximum atomic E-state index is 12.5. The van der Waals surface area contributed by atoms with Crippen LogP contribution in [0.4, 0.5) is 5.69 Å². The average Bonchev–Trinajstić information content (AvgIpc) is 2.93. The van der Waals surface area contributed by atoms with Gasteiger partial charge in [0.25, 0.3) is 0 Å². The number of carbonyl (C=O) groups excluding carboxylic acids is 3. The maximum Gasteiger partial charge on any atom is 0.342 e. The first-order valence-electron chi connectivity index (χ1n) is 8.66. The van der Waals surface area contributed by atoms with E-state index < -0.39 is 17.5 Å². The summed E-state index contributed by atoms with van der Waals surface area (Å²) in [4.78, 5) is 36.7. The highest BCUT2D eigenvalue weighted by Crippen LogP contribution is 2.19. The number of carbonyl (C=O) groups is 3. The van der Waals surface area contributed by atoms with Crippen molar-refractivity contribution in [1.29, 1.82) is 0 Å². The van der Waals surface area contributed by atoms with Crippen LogP contribution in [-0.2, 0) is 16.6 Å². The molecule has 1 heterocycles. The number of ether oxygens (including phenoxy) is 1. The molecule has 7 nitrogen and oxygen atoms in total. The molecule has 1 atom stereocenters. The smallest absolute Gasteiger partial charge is 0.342 e. The third kappa shape index (κ3) is 4.81. The van der Waals surface area contributed by atoms with E-state index in [1.54, 1.807) is 42.9 Å². The van der Waals surface area contributed by atoms with Gasteiger partial charge in [0.2, 0.25) is 11.7 Å². The van der Waals surface area contributed by atoms with Gasteiger partial charge in [0.15, 0.2) is 6.10 Å². The molecule has 2 rings (SSSR count). The van der Waals surface area contributed by atoms with Gasteiger partial charge < -0.3 is 10.1 Å². The molecule has 1 aromatic heterocycles. The summed E-state index contributed by atoms with van der Waals surface area (Å²) < 4.78 is 6.84. The Bertz CT molecular complexity index is 860. The minimum atomic E-state index is -0.938. The predicted molar refractivity (Wildman–Crippen MR) is 102 cm³/mol. The third-order valence-corrected chi connectivity index (χ3v) is 4.22. The normalized spacial score (nSPS) is 12.4. The lowest BCUT2D eigenvalue weighted by molar-refractivity contribution is -0.123. The fraction of sp³-hybridized carbons (Fsp3) is 0.400. The molecule has 2 aromatic rings. The molecule has 144 valence electrons. The van der Waals surface area contributed by atoms with E-state index in [4.69, 9.17) is 4.74 Å². The van der Waals surface area contributed by atoms with Gasteiger partial charge in [-0.2, -0.15) is 5.10 Å². The quantitative estimate of drug-likeness (QED) is 0.644. The van der Waals surface area contributed by atoms with Crippen molar-refractivity contribution in [3.63, 3.8) is 0 Å². The number of Topliss-reactive ketones (excluding diaryl/α,β-unsaturated/α-hetero) is 1. The summed E-state index contributed by atoms with van der Waals surface area (Å²) in [5.74, 6) is -1.02. The summed E-state index contributed by atoms with van der Waals surface area (Å²) in [7, 11) is 1.72. The van der Waals surface area contributed by atoms with Crippen molar-refractivity contribution in [3.05, 3.63) is 47.3 Å². The second kappa shape index (κ2) is 7.73. The first-order chi connectivity index (χ1) is 12.5. The number of amides is 1. The number of anilines is 1. The highest BCUT2D eigenvalue weighted by molar-refractivity contribution is 6.02. The van der Waals surface area contributed by atoms with Gasteiger partial charge in [-0.15, -0.1) is 0 Å². The Morgan fingerprint density at radius 2 is 1.74 bits per heavy atom. The van der Waals surface area contributed by atoms with Gasteiger partial charge >= 0.3 is 5.97 Å². The van der Waals surface area contributed by atoms with E-state index >= 15 is 0 Å². The van der Waals surface area contributed by atoms with Gasteiger partial charge in [-0.25, -0.2) is 4.79 Å². The number of benzene rings is 1. The number of nitrogens with zero attached hydrogens (tertiary/aromatic N) is 2. The topological polar surface area (TPSA) is 90.3 Å². The standard InChI is InChI=1S/C20H25N3O4/c1-12-16(11-21-23(12)6)18(25)27-13(2)17(24)14-7-9-15(10-8-14)22-19(26)20(3,4)5/h7-11,13H,1-6H3,(H,22,26). The Balaban J connectivity index is 2.03. The minimum absolute atomic E-state index is 0.115. The number of ketones is 1. The lowest BCUT2D eigenvalue weighted by Crippen LogP contribution is -2.27. The van der Waals surface area contributed by atoms with E-state index in [-0.39, 0.29) is 11.7 Å². The summed E-state index contributed by atoms with van der Waals surface area (Å²) in [6, 6.07) is 6.49. The Hall–Kier alpha value is -2.96. The van der Waals surface area contributed by atoms with Gasteiger partial charge in [0.1, 0.15) is 5.56 Å². The van der Waals surface area contributed by atoms with E-state index in [0.29, 0.717) is 22.5 Å². The molecule has 1 amide bonds. The Morgan fingerprint density at radius 1 is 1.15 bits per heavy atom. The second-order valence-electron chi connectivity index (χ2n) is 7.46. The van der Waals surface area contributed by atoms with E-state index in [0.717, 1.165) is 0 Å². The summed E-state index contributed by atoms with van der Waals surface area (Å²) in [6.45, 7) is 8.74. The van der Waals surface area contributed by atoms with Gasteiger partial charge in [-0.3, -0.25) is 14.3 Å². The van der Waals surface area contributed by atoms with Crippen molar-refractivity contribution in [2.45, 2.75) is 40.7 Å². The van der Waals surface area contributed by atoms with Crippen LogP contribution in [-0.4, -0.2) is 33.5 Å². The lowest BCUT2D eigenvalue weighted by Gasteiger charge is -2.18. The van der Waals surface area contributed by atoms with Gasteiger partial charge in [0.05, 0.1) is 6.20 Å². The minimum Gasteiger partial charge on any atom is -0.451 e. The van der Waals surface area contributed by atoms with E-state index in [9.17, 15) is 14.4 Å². The molecule has 0 aliphatic carbocycles. The Kier molecular flexibility index (Phi) is 5.83. The molecule has 1 N–H and O–H groups in total. The van der Waals surface area contributed by atoms with Crippen LogP contribution in [0.1, 0.15) is 54.1 Å². The van der Waals surface area contributed by atoms with Crippen molar-refractivity contribution in [3.8, 4) is 0 Å². The Morgan fingerprint density at radius 3 is 2.22 bits per heavy atom. The van der Waals surface area contributed by atoms with Gasteiger partial charge in [0, 0.05) is 29.4 Å². The molecule has 1 aromatic carbocycles. The van der Waals surface area contributed by atoms with Crippen molar-refractivity contribution < 1.29 is 19.1 Å². The molecule has 0 radical (unpaired) electrons. The van der Waals surface area contributed by atoms with Crippen LogP contribution in [0, 0.1) is 12.3 Å². The SMILES string of the molecule is Cc1c(C(=O)OC(C)C(=O)c2ccc(NC(=O)C(C)(C)C)cc2)cnn1C. The molecular weight excluding hydrogens is 346 g/mol. The molecule has 1 unspecified atom stereocenters. The van der Waals surface area contributed by atoms with Crippen LogP contribution in [0.2, 0.25) is 0 Å². The van der Waals surface area contributed by atoms with Crippen molar-refractivity contribution in [2.75, 3.05) is 5.32 Å². The van der Waals surface area contributed by atoms with E-state index in [1.807, 2.05) is 20.8 Å². The largest absolute Gasteiger partial charge is 0.451 e. The van der Waals surface area contributed by atoms with Crippen LogP contribution < -0.4 is 5.32 Å². The number of hydrogen-bond donors (Lipinski definition) is 1. The third-order valence-electron chi connectivity index (χ3n) is 4.22. The van der Waals surface area contributed by atoms with E-state index in [1.165, 1.54) is 13.1 Å². The molecule has 0 aliphatic rings. The molecule has 0 aliphatic heterocycles. The monoisotopic (exact) mass is 371 g/mol. The van der Waals surface area contributed by atoms with E-state index in [2.05, 4.69) is 10.4 Å². The molecule has 27 heavy (non-hydrogen) atoms. The lowest BCUT2D eigenvalue weighted by atomic mass is 9.95. The van der Waals surface area contributed by atoms with Gasteiger partial charge in [-0.05, 0) is 38.1 Å². The van der Waals surface area contributed by atoms with Crippen molar-refractivity contribution in [1.82, 2.24) is 9.78 Å². The number of esters is 1. The molecular formula is C20H25N3O4. The van der Waals surface area contributed by atoms with Crippen molar-refractivity contribution >= 4 is 23.3 Å². The fourth-order valence-corrected chi connectivity index (χ4v) is 2.25. The predicted octanol–water partition coefficient (Wildman–Crippen LogP) is 3.14. The van der Waals surface area contributed by atoms with Crippen LogP contribution in [0.5, 0.6) is 0 Å². The molecule has 0 saturated heterocycles. The van der Waals surface area contributed by atoms with Crippen LogP contribution in [0.25, 0.3) is 0 Å². The van der Waals surface area contributed by atoms with Crippen LogP contribution in [0.3, 0.4) is 0 Å². The maximum absolute atomic E-state index is 12.5. The number of nitrogens with one attached hydrogen (secondary N) is 1. The summed E-state index contributed by atoms with van der Waals surface area (Å²) in [5.41, 5.74) is 1.48. The van der Waals surface area contributed by atoms with Crippen LogP contribution in [0.15, 0.2) is 30.5 Å². The number of aryl methyl sites for hydroxylation is 1. The number of rotatable bonds is 5. The summed E-state index contributed by atoms with van der Waals surface area (Å²) in [5, 5.41) is 6.79. The Labute approximate surface area is 158 Å². The zero-order chi connectivity index (χ0) is 20.4. The zero-order valence-corrected chi connectivity index (χ0v) is 16.5. The highest BCUT2D eigenvalue weighted by atomic mass is 16.5. The summed E-state index contributed by atoms with van der Waals surface area (Å²) in [6.07, 6.45) is 0.480. The van der Waals surface area contributed by atoms with Crippen molar-refractivity contribution in [2.24, 2.45) is 12.5 Å².